The number of pyridine rings is 1. The lowest BCUT2D eigenvalue weighted by molar-refractivity contribution is 1.02. The van der Waals surface area contributed by atoms with Crippen LogP contribution >= 0.6 is 23.4 Å². The molecule has 0 spiro atoms. The van der Waals surface area contributed by atoms with Crippen LogP contribution in [0.4, 0.5) is 5.82 Å². The molecule has 1 N–H and O–H groups in total. The molecule has 1 atom stereocenters. The fourth-order valence-electron chi connectivity index (χ4n) is 2.23. The summed E-state index contributed by atoms with van der Waals surface area (Å²) in [5, 5.41) is 12.4. The molecule has 2 aliphatic rings. The topological polar surface area (TPSA) is 48.7 Å². The van der Waals surface area contributed by atoms with Gasteiger partial charge in [-0.3, -0.25) is 0 Å². The normalized spacial score (nSPS) is 20.6. The number of alkyl halides is 1. The van der Waals surface area contributed by atoms with Crippen LogP contribution in [0.5, 0.6) is 0 Å². The highest BCUT2D eigenvalue weighted by atomic mass is 35.5. The monoisotopic (exact) mass is 289 g/mol. The van der Waals surface area contributed by atoms with Gasteiger partial charge in [0, 0.05) is 29.0 Å². The van der Waals surface area contributed by atoms with Gasteiger partial charge in [0.2, 0.25) is 0 Å². The Morgan fingerprint density at radius 2 is 2.26 bits per heavy atom. The van der Waals surface area contributed by atoms with Crippen LogP contribution in [0.25, 0.3) is 0 Å². The number of nitrogens with one attached hydrogen (secondary N) is 1. The van der Waals surface area contributed by atoms with E-state index in [-0.39, 0.29) is 5.38 Å². The van der Waals surface area contributed by atoms with Crippen molar-refractivity contribution in [2.75, 3.05) is 5.32 Å². The molecule has 0 bridgehead atoms. The number of nitrogens with zero attached hydrogens (tertiary/aromatic N) is 2. The van der Waals surface area contributed by atoms with Gasteiger partial charge in [-0.15, -0.1) is 11.6 Å². The van der Waals surface area contributed by atoms with Crippen molar-refractivity contribution < 1.29 is 0 Å². The zero-order valence-electron chi connectivity index (χ0n) is 10.2. The van der Waals surface area contributed by atoms with Gasteiger partial charge in [0.15, 0.2) is 0 Å². The van der Waals surface area contributed by atoms with Crippen LogP contribution in [0.2, 0.25) is 0 Å². The molecule has 1 aliphatic carbocycles. The minimum atomic E-state index is 0.0355. The van der Waals surface area contributed by atoms with Crippen molar-refractivity contribution in [1.29, 1.82) is 5.26 Å². The SMILES string of the molecule is N#Cc1cnc(NC2=CC(Cl)CC=C2)c2c1CSC2. The van der Waals surface area contributed by atoms with Gasteiger partial charge in [-0.2, -0.15) is 17.0 Å². The van der Waals surface area contributed by atoms with Crippen molar-refractivity contribution in [2.24, 2.45) is 0 Å². The molecule has 1 unspecified atom stereocenters. The molecule has 1 aliphatic heterocycles. The predicted molar refractivity (Wildman–Crippen MR) is 79.1 cm³/mol. The van der Waals surface area contributed by atoms with Crippen molar-refractivity contribution in [3.63, 3.8) is 0 Å². The summed E-state index contributed by atoms with van der Waals surface area (Å²) in [5.41, 5.74) is 3.93. The quantitative estimate of drug-likeness (QED) is 0.846. The van der Waals surface area contributed by atoms with E-state index >= 15 is 0 Å². The highest BCUT2D eigenvalue weighted by molar-refractivity contribution is 7.98. The fourth-order valence-corrected chi connectivity index (χ4v) is 3.62. The van der Waals surface area contributed by atoms with Gasteiger partial charge in [-0.05, 0) is 24.1 Å². The number of thioether (sulfide) groups is 1. The molecule has 0 fully saturated rings. The van der Waals surface area contributed by atoms with Crippen molar-refractivity contribution in [2.45, 2.75) is 23.3 Å². The molecule has 0 radical (unpaired) electrons. The zero-order valence-corrected chi connectivity index (χ0v) is 11.8. The van der Waals surface area contributed by atoms with Crippen LogP contribution in [0, 0.1) is 11.3 Å². The highest BCUT2D eigenvalue weighted by Crippen LogP contribution is 2.36. The maximum absolute atomic E-state index is 9.09. The first kappa shape index (κ1) is 12.6. The molecule has 0 aromatic carbocycles. The number of allylic oxidation sites excluding steroid dienone is 3. The van der Waals surface area contributed by atoms with Gasteiger partial charge in [-0.25, -0.2) is 4.98 Å². The second kappa shape index (κ2) is 5.28. The molecule has 3 rings (SSSR count). The Morgan fingerprint density at radius 1 is 1.42 bits per heavy atom. The molecule has 0 saturated heterocycles. The number of nitriles is 1. The smallest absolute Gasteiger partial charge is 0.134 e. The van der Waals surface area contributed by atoms with Gasteiger partial charge in [-0.1, -0.05) is 6.08 Å². The summed E-state index contributed by atoms with van der Waals surface area (Å²) < 4.78 is 0. The molecular weight excluding hydrogens is 278 g/mol. The van der Waals surface area contributed by atoms with Gasteiger partial charge in [0.1, 0.15) is 11.9 Å². The van der Waals surface area contributed by atoms with Gasteiger partial charge >= 0.3 is 0 Å². The number of hydrogen-bond donors (Lipinski definition) is 1. The Kier molecular flexibility index (Phi) is 3.50. The number of hydrogen-bond acceptors (Lipinski definition) is 4. The van der Waals surface area contributed by atoms with E-state index in [0.29, 0.717) is 5.56 Å². The zero-order chi connectivity index (χ0) is 13.2. The average molecular weight is 290 g/mol. The third-order valence-corrected chi connectivity index (χ3v) is 4.48. The summed E-state index contributed by atoms with van der Waals surface area (Å²) in [6.45, 7) is 0. The van der Waals surface area contributed by atoms with E-state index in [4.69, 9.17) is 16.9 Å². The number of fused-ring (bicyclic) bond motifs is 1. The van der Waals surface area contributed by atoms with E-state index in [1.807, 2.05) is 23.9 Å². The van der Waals surface area contributed by atoms with E-state index in [0.717, 1.165) is 40.6 Å². The van der Waals surface area contributed by atoms with Crippen LogP contribution in [0.1, 0.15) is 23.1 Å². The fraction of sp³-hybridized carbons (Fsp3) is 0.286. The first-order valence-electron chi connectivity index (χ1n) is 6.06. The molecular formula is C14H12ClN3S. The lowest BCUT2D eigenvalue weighted by Crippen LogP contribution is -2.08. The summed E-state index contributed by atoms with van der Waals surface area (Å²) in [6.07, 6.45) is 8.58. The van der Waals surface area contributed by atoms with Crippen molar-refractivity contribution in [3.05, 3.63) is 46.8 Å². The number of anilines is 1. The Balaban J connectivity index is 1.93. The summed E-state index contributed by atoms with van der Waals surface area (Å²) in [7, 11) is 0. The molecule has 2 heterocycles. The Bertz CT molecular complexity index is 616. The lowest BCUT2D eigenvalue weighted by atomic mass is 10.1. The molecule has 1 aromatic heterocycles. The minimum Gasteiger partial charge on any atom is -0.340 e. The maximum atomic E-state index is 9.09. The second-order valence-electron chi connectivity index (χ2n) is 4.48. The summed E-state index contributed by atoms with van der Waals surface area (Å²) in [6, 6.07) is 2.21. The van der Waals surface area contributed by atoms with Gasteiger partial charge in [0.25, 0.3) is 0 Å². The predicted octanol–water partition coefficient (Wildman–Crippen LogP) is 3.56. The number of aromatic nitrogens is 1. The van der Waals surface area contributed by atoms with Gasteiger partial charge < -0.3 is 5.32 Å². The molecule has 96 valence electrons. The average Bonchev–Trinajstić information content (AvgIpc) is 2.89. The van der Waals surface area contributed by atoms with E-state index in [1.54, 1.807) is 6.20 Å². The Hall–Kier alpha value is -1.44. The van der Waals surface area contributed by atoms with E-state index < -0.39 is 0 Å². The standard InChI is InChI=1S/C14H12ClN3S/c15-10-2-1-3-11(4-10)18-14-13-8-19-7-12(13)9(5-16)6-17-14/h1,3-4,6,10H,2,7-8H2,(H,17,18). The largest absolute Gasteiger partial charge is 0.340 e. The highest BCUT2D eigenvalue weighted by Gasteiger charge is 2.20. The first-order chi connectivity index (χ1) is 9.28. The van der Waals surface area contributed by atoms with Crippen molar-refractivity contribution in [1.82, 2.24) is 4.98 Å². The van der Waals surface area contributed by atoms with Crippen LogP contribution < -0.4 is 5.32 Å². The van der Waals surface area contributed by atoms with Crippen LogP contribution in [-0.2, 0) is 11.5 Å². The second-order valence-corrected chi connectivity index (χ2v) is 6.03. The van der Waals surface area contributed by atoms with E-state index in [2.05, 4.69) is 22.4 Å². The molecule has 0 saturated carbocycles. The Labute approximate surface area is 121 Å². The summed E-state index contributed by atoms with van der Waals surface area (Å²) in [5.74, 6) is 2.64. The third-order valence-electron chi connectivity index (χ3n) is 3.19. The first-order valence-corrected chi connectivity index (χ1v) is 7.65. The maximum Gasteiger partial charge on any atom is 0.134 e. The van der Waals surface area contributed by atoms with Crippen LogP contribution in [0.3, 0.4) is 0 Å². The minimum absolute atomic E-state index is 0.0355. The van der Waals surface area contributed by atoms with Gasteiger partial charge in [0.05, 0.1) is 10.9 Å². The molecule has 0 amide bonds. The Morgan fingerprint density at radius 3 is 3.05 bits per heavy atom. The molecule has 19 heavy (non-hydrogen) atoms. The summed E-state index contributed by atoms with van der Waals surface area (Å²) in [4.78, 5) is 4.38. The summed E-state index contributed by atoms with van der Waals surface area (Å²) >= 11 is 7.92. The van der Waals surface area contributed by atoms with Crippen molar-refractivity contribution >= 4 is 29.2 Å². The van der Waals surface area contributed by atoms with Crippen LogP contribution in [-0.4, -0.2) is 10.4 Å². The number of rotatable bonds is 2. The third kappa shape index (κ3) is 2.49. The molecule has 1 aromatic rings. The van der Waals surface area contributed by atoms with E-state index in [1.165, 1.54) is 0 Å². The molecule has 5 heteroatoms. The molecule has 3 nitrogen and oxygen atoms in total. The van der Waals surface area contributed by atoms with Crippen LogP contribution in [0.15, 0.2) is 30.1 Å². The lowest BCUT2D eigenvalue weighted by Gasteiger charge is -2.15. The van der Waals surface area contributed by atoms with E-state index in [9.17, 15) is 0 Å². The number of halogens is 1. The van der Waals surface area contributed by atoms with Crippen molar-refractivity contribution in [3.8, 4) is 6.07 Å².